The fourth-order valence-electron chi connectivity index (χ4n) is 2.47. The fourth-order valence-corrected chi connectivity index (χ4v) is 4.17. The van der Waals surface area contributed by atoms with Gasteiger partial charge in [0, 0.05) is 5.39 Å². The van der Waals surface area contributed by atoms with Gasteiger partial charge in [-0.15, -0.1) is 11.3 Å². The van der Waals surface area contributed by atoms with Crippen LogP contribution in [0, 0.1) is 6.92 Å². The number of amides is 1. The molecule has 1 N–H and O–H groups in total. The van der Waals surface area contributed by atoms with Crippen LogP contribution in [0.5, 0.6) is 0 Å². The number of nitrogens with one attached hydrogen (secondary N) is 1. The van der Waals surface area contributed by atoms with Crippen molar-refractivity contribution >= 4 is 54.7 Å². The summed E-state index contributed by atoms with van der Waals surface area (Å²) in [7, 11) is 0. The Hall–Kier alpha value is -2.24. The Balaban J connectivity index is 1.75. The molecule has 0 spiro atoms. The van der Waals surface area contributed by atoms with Gasteiger partial charge in [0.25, 0.3) is 5.91 Å². The summed E-state index contributed by atoms with van der Waals surface area (Å²) in [4.78, 5) is 17.7. The number of hydrogen-bond donors (Lipinski definition) is 1. The van der Waals surface area contributed by atoms with Gasteiger partial charge in [-0.05, 0) is 35.4 Å². The average Bonchev–Trinajstić information content (AvgIpc) is 3.12. The van der Waals surface area contributed by atoms with E-state index in [1.807, 2.05) is 30.5 Å². The molecular weight excluding hydrogens is 312 g/mol. The summed E-state index contributed by atoms with van der Waals surface area (Å²) in [6, 6.07) is 14.3. The number of thiazole rings is 1. The molecule has 0 bridgehead atoms. The summed E-state index contributed by atoms with van der Waals surface area (Å²) in [5, 5.41) is 7.76. The zero-order valence-electron chi connectivity index (χ0n) is 11.8. The minimum absolute atomic E-state index is 0.0872. The molecule has 4 aromatic rings. The van der Waals surface area contributed by atoms with E-state index in [-0.39, 0.29) is 5.91 Å². The summed E-state index contributed by atoms with van der Waals surface area (Å²) in [5.41, 5.74) is 1.94. The van der Waals surface area contributed by atoms with Crippen molar-refractivity contribution in [3.63, 3.8) is 0 Å². The predicted molar refractivity (Wildman–Crippen MR) is 94.1 cm³/mol. The Kier molecular flexibility index (Phi) is 3.17. The number of aryl methyl sites for hydroxylation is 1. The van der Waals surface area contributed by atoms with Crippen LogP contribution in [0.1, 0.15) is 15.2 Å². The largest absolute Gasteiger partial charge is 0.297 e. The van der Waals surface area contributed by atoms with Crippen molar-refractivity contribution in [1.29, 1.82) is 0 Å². The minimum atomic E-state index is -0.0872. The number of nitrogens with zero attached hydrogens (tertiary/aromatic N) is 1. The van der Waals surface area contributed by atoms with Crippen molar-refractivity contribution < 1.29 is 4.79 Å². The standard InChI is InChI=1S/C17H12N2OS2/c1-10-8-9-21-15(10)16(20)19-17-18-14-12-5-3-2-4-11(12)6-7-13(14)22-17/h2-9H,1H3,(H,18,19,20). The normalized spacial score (nSPS) is 11.1. The van der Waals surface area contributed by atoms with Crippen LogP contribution in [-0.4, -0.2) is 10.9 Å². The van der Waals surface area contributed by atoms with Gasteiger partial charge in [0.05, 0.1) is 15.1 Å². The fraction of sp³-hybridized carbons (Fsp3) is 0.0588. The van der Waals surface area contributed by atoms with Crippen LogP contribution in [0.2, 0.25) is 0 Å². The van der Waals surface area contributed by atoms with Gasteiger partial charge in [-0.1, -0.05) is 41.7 Å². The lowest BCUT2D eigenvalue weighted by molar-refractivity contribution is 0.103. The van der Waals surface area contributed by atoms with E-state index in [1.54, 1.807) is 0 Å². The van der Waals surface area contributed by atoms with Crippen molar-refractivity contribution in [3.05, 3.63) is 58.3 Å². The number of fused-ring (bicyclic) bond motifs is 3. The van der Waals surface area contributed by atoms with Gasteiger partial charge in [0.2, 0.25) is 0 Å². The molecule has 22 heavy (non-hydrogen) atoms. The molecule has 0 atom stereocenters. The van der Waals surface area contributed by atoms with E-state index in [0.717, 1.165) is 31.4 Å². The van der Waals surface area contributed by atoms with Gasteiger partial charge >= 0.3 is 0 Å². The topological polar surface area (TPSA) is 42.0 Å². The molecule has 5 heteroatoms. The smallest absolute Gasteiger partial charge is 0.267 e. The molecule has 1 amide bonds. The number of benzene rings is 2. The molecule has 3 nitrogen and oxygen atoms in total. The first kappa shape index (κ1) is 13.4. The molecule has 0 aliphatic rings. The third-order valence-electron chi connectivity index (χ3n) is 3.57. The maximum Gasteiger partial charge on any atom is 0.267 e. The van der Waals surface area contributed by atoms with Crippen molar-refractivity contribution in [1.82, 2.24) is 4.98 Å². The molecule has 2 aromatic carbocycles. The zero-order chi connectivity index (χ0) is 15.1. The first-order chi connectivity index (χ1) is 10.7. The summed E-state index contributed by atoms with van der Waals surface area (Å²) < 4.78 is 1.08. The summed E-state index contributed by atoms with van der Waals surface area (Å²) in [6.45, 7) is 1.94. The van der Waals surface area contributed by atoms with Crippen LogP contribution in [0.3, 0.4) is 0 Å². The summed E-state index contributed by atoms with van der Waals surface area (Å²) >= 11 is 2.96. The lowest BCUT2D eigenvalue weighted by atomic mass is 10.1. The maximum atomic E-state index is 12.3. The Morgan fingerprint density at radius 2 is 2.00 bits per heavy atom. The van der Waals surface area contributed by atoms with Gasteiger partial charge in [0.15, 0.2) is 5.13 Å². The van der Waals surface area contributed by atoms with Gasteiger partial charge in [0.1, 0.15) is 0 Å². The molecule has 2 heterocycles. The van der Waals surface area contributed by atoms with E-state index in [0.29, 0.717) is 5.13 Å². The van der Waals surface area contributed by atoms with Crippen LogP contribution < -0.4 is 5.32 Å². The molecule has 108 valence electrons. The van der Waals surface area contributed by atoms with Crippen molar-refractivity contribution in [2.75, 3.05) is 5.32 Å². The van der Waals surface area contributed by atoms with E-state index in [4.69, 9.17) is 0 Å². The molecule has 0 unspecified atom stereocenters. The van der Waals surface area contributed by atoms with Gasteiger partial charge in [-0.25, -0.2) is 4.98 Å². The van der Waals surface area contributed by atoms with E-state index >= 15 is 0 Å². The molecule has 0 saturated carbocycles. The number of carbonyl (C=O) groups is 1. The second-order valence-electron chi connectivity index (χ2n) is 5.04. The number of rotatable bonds is 2. The molecule has 2 aromatic heterocycles. The highest BCUT2D eigenvalue weighted by Gasteiger charge is 2.14. The van der Waals surface area contributed by atoms with Gasteiger partial charge in [-0.3, -0.25) is 10.1 Å². The molecule has 0 aliphatic heterocycles. The third-order valence-corrected chi connectivity index (χ3v) is 5.52. The molecule has 0 aliphatic carbocycles. The first-order valence-electron chi connectivity index (χ1n) is 6.86. The lowest BCUT2D eigenvalue weighted by Crippen LogP contribution is -2.10. The van der Waals surface area contributed by atoms with Crippen molar-refractivity contribution in [2.45, 2.75) is 6.92 Å². The van der Waals surface area contributed by atoms with Gasteiger partial charge in [-0.2, -0.15) is 0 Å². The highest BCUT2D eigenvalue weighted by molar-refractivity contribution is 7.22. The Morgan fingerprint density at radius 3 is 2.82 bits per heavy atom. The van der Waals surface area contributed by atoms with E-state index in [9.17, 15) is 4.79 Å². The minimum Gasteiger partial charge on any atom is -0.297 e. The van der Waals surface area contributed by atoms with Crippen molar-refractivity contribution in [2.24, 2.45) is 0 Å². The Labute approximate surface area is 135 Å². The summed E-state index contributed by atoms with van der Waals surface area (Å²) in [6.07, 6.45) is 0. The number of hydrogen-bond acceptors (Lipinski definition) is 4. The van der Waals surface area contributed by atoms with Crippen molar-refractivity contribution in [3.8, 4) is 0 Å². The molecule has 0 saturated heterocycles. The molecule has 0 radical (unpaired) electrons. The second-order valence-corrected chi connectivity index (χ2v) is 6.99. The van der Waals surface area contributed by atoms with Crippen LogP contribution in [0.15, 0.2) is 47.8 Å². The van der Waals surface area contributed by atoms with Crippen LogP contribution in [-0.2, 0) is 0 Å². The molecule has 0 fully saturated rings. The highest BCUT2D eigenvalue weighted by atomic mass is 32.1. The van der Waals surface area contributed by atoms with Crippen LogP contribution in [0.25, 0.3) is 21.0 Å². The van der Waals surface area contributed by atoms with E-state index in [2.05, 4.69) is 34.6 Å². The quantitative estimate of drug-likeness (QED) is 0.559. The monoisotopic (exact) mass is 324 g/mol. The van der Waals surface area contributed by atoms with Gasteiger partial charge < -0.3 is 0 Å². The molecule has 4 rings (SSSR count). The number of aromatic nitrogens is 1. The number of anilines is 1. The van der Waals surface area contributed by atoms with E-state index < -0.39 is 0 Å². The van der Waals surface area contributed by atoms with Crippen LogP contribution >= 0.6 is 22.7 Å². The first-order valence-corrected chi connectivity index (χ1v) is 8.56. The Morgan fingerprint density at radius 1 is 1.14 bits per heavy atom. The predicted octanol–water partition coefficient (Wildman–Crippen LogP) is 5.07. The molecular formula is C17H12N2OS2. The summed E-state index contributed by atoms with van der Waals surface area (Å²) in [5.74, 6) is -0.0872. The van der Waals surface area contributed by atoms with Crippen LogP contribution in [0.4, 0.5) is 5.13 Å². The number of carbonyl (C=O) groups excluding carboxylic acids is 1. The lowest BCUT2D eigenvalue weighted by Gasteiger charge is -1.99. The number of thiophene rings is 1. The Bertz CT molecular complexity index is 1000. The third kappa shape index (κ3) is 2.19. The SMILES string of the molecule is Cc1ccsc1C(=O)Nc1nc2c(ccc3ccccc32)s1. The second kappa shape index (κ2) is 5.19. The average molecular weight is 324 g/mol. The van der Waals surface area contributed by atoms with E-state index in [1.165, 1.54) is 22.7 Å². The maximum absolute atomic E-state index is 12.3. The zero-order valence-corrected chi connectivity index (χ0v) is 13.4. The highest BCUT2D eigenvalue weighted by Crippen LogP contribution is 2.32.